The lowest BCUT2D eigenvalue weighted by Gasteiger charge is -2.09. The molecule has 0 saturated heterocycles. The molecule has 15 heavy (non-hydrogen) atoms. The van der Waals surface area contributed by atoms with Crippen LogP contribution in [0.4, 0.5) is 8.78 Å². The zero-order valence-electron chi connectivity index (χ0n) is 9.53. The molecule has 1 aromatic rings. The highest BCUT2D eigenvalue weighted by Gasteiger charge is 2.10. The smallest absolute Gasteiger partial charge is 0.345 e. The minimum atomic E-state index is -3.23. The van der Waals surface area contributed by atoms with E-state index in [1.165, 1.54) is 12.3 Å². The molecule has 0 radical (unpaired) electrons. The van der Waals surface area contributed by atoms with Gasteiger partial charge in [-0.3, -0.25) is 4.98 Å². The number of aliphatic hydroxyl groups is 1. The van der Waals surface area contributed by atoms with Gasteiger partial charge in [-0.15, -0.1) is 0 Å². The third-order valence-electron chi connectivity index (χ3n) is 1.54. The molecule has 0 aliphatic heterocycles. The van der Waals surface area contributed by atoms with Gasteiger partial charge in [0.2, 0.25) is 0 Å². The molecule has 0 fully saturated rings. The lowest BCUT2D eigenvalue weighted by atomic mass is 10.2. The first-order chi connectivity index (χ1) is 7.80. The zero-order chi connectivity index (χ0) is 13.1. The van der Waals surface area contributed by atoms with E-state index in [1.807, 2.05) is 0 Å². The first-order valence-electron chi connectivity index (χ1n) is 5.06. The van der Waals surface area contributed by atoms with Crippen LogP contribution >= 0.6 is 15.9 Å². The number of hydrogen-bond donors (Lipinski definition) is 1. The summed E-state index contributed by atoms with van der Waals surface area (Å²) >= 11 is 3.15. The molecule has 1 N–H and O–H groups in total. The van der Waals surface area contributed by atoms with Gasteiger partial charge in [0, 0.05) is 17.1 Å². The lowest BCUT2D eigenvalue weighted by molar-refractivity contribution is -0.133. The van der Waals surface area contributed by atoms with E-state index >= 15 is 0 Å². The average Bonchev–Trinajstić information content (AvgIpc) is 2.15. The highest BCUT2D eigenvalue weighted by molar-refractivity contribution is 9.10. The maximum absolute atomic E-state index is 11.9. The monoisotopic (exact) mass is 283 g/mol. The molecule has 1 atom stereocenters. The molecular weight excluding hydrogens is 272 g/mol. The van der Waals surface area contributed by atoms with Crippen molar-refractivity contribution in [3.63, 3.8) is 0 Å². The van der Waals surface area contributed by atoms with Crippen molar-refractivity contribution in [3.8, 4) is 0 Å². The van der Waals surface area contributed by atoms with Crippen LogP contribution in [-0.2, 0) is 4.74 Å². The molecule has 0 spiro atoms. The third-order valence-corrected chi connectivity index (χ3v) is 2.01. The Morgan fingerprint density at radius 3 is 2.87 bits per heavy atom. The molecule has 3 nitrogen and oxygen atoms in total. The van der Waals surface area contributed by atoms with Crippen molar-refractivity contribution in [1.82, 2.24) is 4.98 Å². The van der Waals surface area contributed by atoms with E-state index in [1.54, 1.807) is 6.07 Å². The molecule has 1 heterocycles. The third kappa shape index (κ3) is 4.63. The van der Waals surface area contributed by atoms with Gasteiger partial charge in [0.25, 0.3) is 0 Å². The summed E-state index contributed by atoms with van der Waals surface area (Å²) in [5.74, 6) is 0. The predicted molar refractivity (Wildman–Crippen MR) is 53.5 cm³/mol. The van der Waals surface area contributed by atoms with Gasteiger partial charge in [0.05, 0.1) is 21.1 Å². The molecule has 84 valence electrons. The van der Waals surface area contributed by atoms with Crippen LogP contribution in [0.15, 0.2) is 22.8 Å². The molecule has 6 heteroatoms. The molecule has 0 aliphatic rings. The standard InChI is InChI=1S/C9H10BrF2NO2/c10-6-1-2-7(13-5-6)8(14)3-4-15-9(11)12/h1-2,5,8-9,14H,3-4H2/i4D2. The van der Waals surface area contributed by atoms with Gasteiger partial charge < -0.3 is 9.84 Å². The number of alkyl halides is 2. The summed E-state index contributed by atoms with van der Waals surface area (Å²) < 4.78 is 42.5. The van der Waals surface area contributed by atoms with E-state index in [9.17, 15) is 13.9 Å². The van der Waals surface area contributed by atoms with Gasteiger partial charge >= 0.3 is 6.61 Å². The summed E-state index contributed by atoms with van der Waals surface area (Å²) in [6, 6.07) is 3.07. The second kappa shape index (κ2) is 6.09. The summed E-state index contributed by atoms with van der Waals surface area (Å²) in [4.78, 5) is 3.83. The maximum atomic E-state index is 11.9. The quantitative estimate of drug-likeness (QED) is 0.903. The lowest BCUT2D eigenvalue weighted by Crippen LogP contribution is -2.07. The molecule has 1 rings (SSSR count). The van der Waals surface area contributed by atoms with Gasteiger partial charge in [0.15, 0.2) is 0 Å². The Morgan fingerprint density at radius 1 is 1.60 bits per heavy atom. The fourth-order valence-electron chi connectivity index (χ4n) is 0.879. The van der Waals surface area contributed by atoms with Crippen LogP contribution in [0.3, 0.4) is 0 Å². The number of nitrogens with zero attached hydrogens (tertiary/aromatic N) is 1. The molecule has 0 aliphatic carbocycles. The number of pyridine rings is 1. The van der Waals surface area contributed by atoms with Crippen LogP contribution in [0.25, 0.3) is 0 Å². The van der Waals surface area contributed by atoms with Gasteiger partial charge in [-0.2, -0.15) is 8.78 Å². The summed E-state index contributed by atoms with van der Waals surface area (Å²) in [6.07, 6.45) is -0.509. The topological polar surface area (TPSA) is 42.4 Å². The Labute approximate surface area is 97.0 Å². The van der Waals surface area contributed by atoms with E-state index in [0.29, 0.717) is 4.47 Å². The van der Waals surface area contributed by atoms with Gasteiger partial charge in [0.1, 0.15) is 0 Å². The van der Waals surface area contributed by atoms with Crippen molar-refractivity contribution in [3.05, 3.63) is 28.5 Å². The minimum absolute atomic E-state index is 0.190. The van der Waals surface area contributed by atoms with Crippen molar-refractivity contribution in [2.24, 2.45) is 0 Å². The summed E-state index contributed by atoms with van der Waals surface area (Å²) in [5.41, 5.74) is 0.190. The molecule has 1 aromatic heterocycles. The number of ether oxygens (including phenoxy) is 1. The van der Waals surface area contributed by atoms with Crippen molar-refractivity contribution in [1.29, 1.82) is 0 Å². The Balaban J connectivity index is 2.65. The van der Waals surface area contributed by atoms with Crippen molar-refractivity contribution >= 4 is 15.9 Å². The molecular formula is C9H10BrF2NO2. The summed E-state index contributed by atoms with van der Waals surface area (Å²) in [7, 11) is 0. The number of halogens is 3. The Hall–Kier alpha value is -0.590. The van der Waals surface area contributed by atoms with E-state index < -0.39 is 25.7 Å². The molecule has 1 unspecified atom stereocenters. The zero-order valence-corrected chi connectivity index (χ0v) is 9.12. The Kier molecular flexibility index (Phi) is 3.91. The first kappa shape index (κ1) is 9.62. The fraction of sp³-hybridized carbons (Fsp3) is 0.444. The van der Waals surface area contributed by atoms with E-state index in [2.05, 4.69) is 25.7 Å². The average molecular weight is 284 g/mol. The van der Waals surface area contributed by atoms with Crippen LogP contribution in [-0.4, -0.2) is 23.3 Å². The predicted octanol–water partition coefficient (Wildman–Crippen LogP) is 2.51. The maximum Gasteiger partial charge on any atom is 0.345 e. The van der Waals surface area contributed by atoms with E-state index in [4.69, 9.17) is 2.74 Å². The van der Waals surface area contributed by atoms with Crippen LogP contribution in [0, 0.1) is 0 Å². The minimum Gasteiger partial charge on any atom is -0.387 e. The van der Waals surface area contributed by atoms with Crippen LogP contribution < -0.4 is 0 Å². The highest BCUT2D eigenvalue weighted by atomic mass is 79.9. The van der Waals surface area contributed by atoms with Gasteiger partial charge in [-0.1, -0.05) is 0 Å². The number of aromatic nitrogens is 1. The van der Waals surface area contributed by atoms with Crippen molar-refractivity contribution < 1.29 is 21.4 Å². The first-order valence-corrected chi connectivity index (χ1v) is 4.85. The molecule has 0 saturated carbocycles. The molecule has 0 bridgehead atoms. The largest absolute Gasteiger partial charge is 0.387 e. The number of aliphatic hydroxyl groups excluding tert-OH is 1. The van der Waals surface area contributed by atoms with E-state index in [0.717, 1.165) is 0 Å². The van der Waals surface area contributed by atoms with Crippen LogP contribution in [0.2, 0.25) is 0 Å². The fourth-order valence-corrected chi connectivity index (χ4v) is 1.11. The normalized spacial score (nSPS) is 16.1. The van der Waals surface area contributed by atoms with Crippen molar-refractivity contribution in [2.45, 2.75) is 19.1 Å². The SMILES string of the molecule is [2H]C([2H])(CC(O)c1ccc(Br)cn1)OC(F)F. The van der Waals surface area contributed by atoms with Crippen LogP contribution in [0.1, 0.15) is 21.0 Å². The van der Waals surface area contributed by atoms with Crippen molar-refractivity contribution in [2.75, 3.05) is 6.56 Å². The molecule has 0 amide bonds. The van der Waals surface area contributed by atoms with E-state index in [-0.39, 0.29) is 5.69 Å². The van der Waals surface area contributed by atoms with Crippen LogP contribution in [0.5, 0.6) is 0 Å². The van der Waals surface area contributed by atoms with Gasteiger partial charge in [-0.25, -0.2) is 0 Å². The summed E-state index contributed by atoms with van der Waals surface area (Å²) in [6.45, 7) is -5.84. The Morgan fingerprint density at radius 2 is 2.33 bits per heavy atom. The van der Waals surface area contributed by atoms with Gasteiger partial charge in [-0.05, 0) is 28.1 Å². The summed E-state index contributed by atoms with van der Waals surface area (Å²) in [5, 5.41) is 9.62. The highest BCUT2D eigenvalue weighted by Crippen LogP contribution is 2.16. The second-order valence-electron chi connectivity index (χ2n) is 2.64. The Bertz CT molecular complexity index is 365. The molecule has 0 aromatic carbocycles. The second-order valence-corrected chi connectivity index (χ2v) is 3.56. The number of hydrogen-bond acceptors (Lipinski definition) is 3. The number of rotatable bonds is 5.